The van der Waals surface area contributed by atoms with Gasteiger partial charge in [-0.05, 0) is 24.1 Å². The SMILES string of the molecule is CCC(O)(C(=O)NOC)c1ccc(OC)c(OC)c1. The molecule has 0 saturated heterocycles. The van der Waals surface area contributed by atoms with Crippen LogP contribution in [0.4, 0.5) is 0 Å². The number of aliphatic hydroxyl groups is 1. The highest BCUT2D eigenvalue weighted by Gasteiger charge is 2.37. The van der Waals surface area contributed by atoms with E-state index in [1.54, 1.807) is 25.1 Å². The van der Waals surface area contributed by atoms with Crippen LogP contribution in [0.2, 0.25) is 0 Å². The smallest absolute Gasteiger partial charge is 0.280 e. The molecule has 1 unspecified atom stereocenters. The van der Waals surface area contributed by atoms with Gasteiger partial charge in [-0.1, -0.05) is 13.0 Å². The minimum Gasteiger partial charge on any atom is -0.493 e. The normalized spacial score (nSPS) is 13.5. The molecule has 2 N–H and O–H groups in total. The maximum atomic E-state index is 11.9. The van der Waals surface area contributed by atoms with Crippen LogP contribution in [-0.4, -0.2) is 32.3 Å². The molecule has 0 aliphatic rings. The van der Waals surface area contributed by atoms with Gasteiger partial charge in [0.2, 0.25) is 0 Å². The van der Waals surface area contributed by atoms with Crippen LogP contribution in [0.1, 0.15) is 18.9 Å². The molecule has 1 aromatic carbocycles. The number of ether oxygens (including phenoxy) is 2. The van der Waals surface area contributed by atoms with Gasteiger partial charge in [0, 0.05) is 0 Å². The van der Waals surface area contributed by atoms with Crippen molar-refractivity contribution in [3.05, 3.63) is 23.8 Å². The lowest BCUT2D eigenvalue weighted by Gasteiger charge is -2.26. The molecule has 0 aliphatic carbocycles. The van der Waals surface area contributed by atoms with Gasteiger partial charge in [-0.2, -0.15) is 0 Å². The Balaban J connectivity index is 3.21. The summed E-state index contributed by atoms with van der Waals surface area (Å²) in [4.78, 5) is 16.5. The molecule has 1 aromatic rings. The summed E-state index contributed by atoms with van der Waals surface area (Å²) in [6, 6.07) is 4.81. The topological polar surface area (TPSA) is 77.0 Å². The molecular weight excluding hydrogens is 250 g/mol. The lowest BCUT2D eigenvalue weighted by Crippen LogP contribution is -2.43. The summed E-state index contributed by atoms with van der Waals surface area (Å²) >= 11 is 0. The number of amides is 1. The Morgan fingerprint density at radius 3 is 2.37 bits per heavy atom. The summed E-state index contributed by atoms with van der Waals surface area (Å²) in [7, 11) is 4.31. The molecule has 1 rings (SSSR count). The summed E-state index contributed by atoms with van der Waals surface area (Å²) in [5, 5.41) is 10.5. The van der Waals surface area contributed by atoms with Crippen molar-refractivity contribution >= 4 is 5.91 Å². The van der Waals surface area contributed by atoms with Crippen molar-refractivity contribution in [1.82, 2.24) is 5.48 Å². The molecule has 0 spiro atoms. The Morgan fingerprint density at radius 2 is 1.89 bits per heavy atom. The second-order valence-corrected chi connectivity index (χ2v) is 3.92. The molecular formula is C13H19NO5. The molecule has 6 heteroatoms. The number of hydrogen-bond acceptors (Lipinski definition) is 5. The fraction of sp³-hybridized carbons (Fsp3) is 0.462. The van der Waals surface area contributed by atoms with E-state index in [0.717, 1.165) is 0 Å². The largest absolute Gasteiger partial charge is 0.493 e. The van der Waals surface area contributed by atoms with Gasteiger partial charge in [0.05, 0.1) is 21.3 Å². The molecule has 1 atom stereocenters. The van der Waals surface area contributed by atoms with Crippen molar-refractivity contribution in [2.24, 2.45) is 0 Å². The van der Waals surface area contributed by atoms with Gasteiger partial charge in [0.15, 0.2) is 17.1 Å². The Bertz CT molecular complexity index is 449. The average molecular weight is 269 g/mol. The predicted molar refractivity (Wildman–Crippen MR) is 68.9 cm³/mol. The molecule has 0 heterocycles. The maximum absolute atomic E-state index is 11.9. The lowest BCUT2D eigenvalue weighted by atomic mass is 9.90. The van der Waals surface area contributed by atoms with Gasteiger partial charge >= 0.3 is 0 Å². The third kappa shape index (κ3) is 2.97. The van der Waals surface area contributed by atoms with Crippen LogP contribution in [0.25, 0.3) is 0 Å². The summed E-state index contributed by atoms with van der Waals surface area (Å²) in [6.45, 7) is 1.70. The van der Waals surface area contributed by atoms with E-state index in [1.807, 2.05) is 0 Å². The molecule has 0 saturated carbocycles. The molecule has 106 valence electrons. The number of carbonyl (C=O) groups excluding carboxylic acids is 1. The van der Waals surface area contributed by atoms with E-state index in [4.69, 9.17) is 9.47 Å². The van der Waals surface area contributed by atoms with Gasteiger partial charge in [0.25, 0.3) is 5.91 Å². The Hall–Kier alpha value is -1.79. The molecule has 0 radical (unpaired) electrons. The standard InChI is InChI=1S/C13H19NO5/c1-5-13(16,12(15)14-19-4)9-6-7-10(17-2)11(8-9)18-3/h6-8,16H,5H2,1-4H3,(H,14,15). The van der Waals surface area contributed by atoms with Crippen molar-refractivity contribution < 1.29 is 24.2 Å². The van der Waals surface area contributed by atoms with Crippen molar-refractivity contribution in [3.8, 4) is 11.5 Å². The average Bonchev–Trinajstić information content (AvgIpc) is 2.45. The maximum Gasteiger partial charge on any atom is 0.280 e. The fourth-order valence-corrected chi connectivity index (χ4v) is 1.77. The minimum absolute atomic E-state index is 0.192. The molecule has 0 bridgehead atoms. The summed E-state index contributed by atoms with van der Waals surface area (Å²) in [5.41, 5.74) is 0.860. The van der Waals surface area contributed by atoms with Gasteiger partial charge < -0.3 is 14.6 Å². The van der Waals surface area contributed by atoms with Crippen LogP contribution in [0.3, 0.4) is 0 Å². The number of hydroxylamine groups is 1. The molecule has 0 aromatic heterocycles. The summed E-state index contributed by atoms with van der Waals surface area (Å²) in [5.74, 6) is 0.332. The predicted octanol–water partition coefficient (Wildman–Crippen LogP) is 0.979. The zero-order valence-electron chi connectivity index (χ0n) is 11.5. The first-order chi connectivity index (χ1) is 9.03. The first-order valence-corrected chi connectivity index (χ1v) is 5.81. The number of carbonyl (C=O) groups is 1. The fourth-order valence-electron chi connectivity index (χ4n) is 1.77. The highest BCUT2D eigenvalue weighted by Crippen LogP contribution is 2.33. The zero-order valence-corrected chi connectivity index (χ0v) is 11.5. The van der Waals surface area contributed by atoms with Crippen molar-refractivity contribution in [3.63, 3.8) is 0 Å². The summed E-state index contributed by atoms with van der Waals surface area (Å²) in [6.07, 6.45) is 0.192. The molecule has 0 fully saturated rings. The van der Waals surface area contributed by atoms with Gasteiger partial charge in [-0.3, -0.25) is 9.63 Å². The highest BCUT2D eigenvalue weighted by molar-refractivity contribution is 5.85. The van der Waals surface area contributed by atoms with E-state index in [1.165, 1.54) is 21.3 Å². The van der Waals surface area contributed by atoms with E-state index in [0.29, 0.717) is 17.1 Å². The number of methoxy groups -OCH3 is 2. The lowest BCUT2D eigenvalue weighted by molar-refractivity contribution is -0.152. The Morgan fingerprint density at radius 1 is 1.26 bits per heavy atom. The Kier molecular flexibility index (Phi) is 5.14. The minimum atomic E-state index is -1.68. The highest BCUT2D eigenvalue weighted by atomic mass is 16.6. The third-order valence-electron chi connectivity index (χ3n) is 2.94. The first-order valence-electron chi connectivity index (χ1n) is 5.81. The van der Waals surface area contributed by atoms with E-state index in [-0.39, 0.29) is 6.42 Å². The van der Waals surface area contributed by atoms with E-state index in [9.17, 15) is 9.90 Å². The van der Waals surface area contributed by atoms with Crippen molar-refractivity contribution in [2.45, 2.75) is 18.9 Å². The second kappa shape index (κ2) is 6.40. The van der Waals surface area contributed by atoms with Gasteiger partial charge in [-0.25, -0.2) is 5.48 Å². The van der Waals surface area contributed by atoms with Crippen LogP contribution >= 0.6 is 0 Å². The zero-order chi connectivity index (χ0) is 14.5. The van der Waals surface area contributed by atoms with Crippen LogP contribution < -0.4 is 15.0 Å². The van der Waals surface area contributed by atoms with Crippen molar-refractivity contribution in [1.29, 1.82) is 0 Å². The number of hydrogen-bond donors (Lipinski definition) is 2. The van der Waals surface area contributed by atoms with Gasteiger partial charge in [0.1, 0.15) is 0 Å². The van der Waals surface area contributed by atoms with E-state index < -0.39 is 11.5 Å². The first kappa shape index (κ1) is 15.3. The van der Waals surface area contributed by atoms with E-state index in [2.05, 4.69) is 10.3 Å². The second-order valence-electron chi connectivity index (χ2n) is 3.92. The monoisotopic (exact) mass is 269 g/mol. The number of benzene rings is 1. The summed E-state index contributed by atoms with van der Waals surface area (Å²) < 4.78 is 10.3. The molecule has 6 nitrogen and oxygen atoms in total. The molecule has 0 aliphatic heterocycles. The molecule has 1 amide bonds. The van der Waals surface area contributed by atoms with Gasteiger partial charge in [-0.15, -0.1) is 0 Å². The number of nitrogens with one attached hydrogen (secondary N) is 1. The van der Waals surface area contributed by atoms with Crippen LogP contribution in [-0.2, 0) is 15.2 Å². The molecule has 19 heavy (non-hydrogen) atoms. The number of rotatable bonds is 6. The Labute approximate surface area is 112 Å². The third-order valence-corrected chi connectivity index (χ3v) is 2.94. The van der Waals surface area contributed by atoms with Crippen LogP contribution in [0, 0.1) is 0 Å². The van der Waals surface area contributed by atoms with Crippen LogP contribution in [0.15, 0.2) is 18.2 Å². The van der Waals surface area contributed by atoms with E-state index >= 15 is 0 Å². The van der Waals surface area contributed by atoms with Crippen LogP contribution in [0.5, 0.6) is 11.5 Å². The quantitative estimate of drug-likeness (QED) is 0.753. The van der Waals surface area contributed by atoms with Crippen molar-refractivity contribution in [2.75, 3.05) is 21.3 Å².